The van der Waals surface area contributed by atoms with Crippen LogP contribution < -0.4 is 10.2 Å². The molecule has 0 radical (unpaired) electrons. The molecule has 0 saturated heterocycles. The van der Waals surface area contributed by atoms with E-state index in [0.717, 1.165) is 24.7 Å². The van der Waals surface area contributed by atoms with Gasteiger partial charge in [0.1, 0.15) is 0 Å². The first-order chi connectivity index (χ1) is 8.63. The lowest BCUT2D eigenvalue weighted by Crippen LogP contribution is -2.29. The number of hydrogen-bond acceptors (Lipinski definition) is 2. The van der Waals surface area contributed by atoms with E-state index in [2.05, 4.69) is 37.1 Å². The van der Waals surface area contributed by atoms with E-state index in [1.165, 1.54) is 17.7 Å². The number of nitrogens with zero attached hydrogens (tertiary/aromatic N) is 1. The van der Waals surface area contributed by atoms with Crippen LogP contribution in [0.1, 0.15) is 32.8 Å². The number of nitrogens with one attached hydrogen (secondary N) is 1. The SMILES string of the molecule is CCC(C)CN(CC)c1c(Cl)cccc1CNC. The van der Waals surface area contributed by atoms with Crippen molar-refractivity contribution in [1.82, 2.24) is 5.32 Å². The number of para-hydroxylation sites is 1. The Hall–Kier alpha value is -0.730. The molecule has 1 rings (SSSR count). The zero-order valence-corrected chi connectivity index (χ0v) is 12.7. The molecule has 1 atom stereocenters. The summed E-state index contributed by atoms with van der Waals surface area (Å²) in [7, 11) is 1.97. The molecule has 0 aliphatic rings. The lowest BCUT2D eigenvalue weighted by Gasteiger charge is -2.29. The minimum Gasteiger partial charge on any atom is -0.370 e. The highest BCUT2D eigenvalue weighted by molar-refractivity contribution is 6.33. The van der Waals surface area contributed by atoms with Crippen molar-refractivity contribution in [3.8, 4) is 0 Å². The molecule has 1 N–H and O–H groups in total. The first kappa shape index (κ1) is 15.3. The molecular weight excluding hydrogens is 244 g/mol. The van der Waals surface area contributed by atoms with Gasteiger partial charge >= 0.3 is 0 Å². The zero-order valence-electron chi connectivity index (χ0n) is 12.0. The maximum atomic E-state index is 6.40. The summed E-state index contributed by atoms with van der Waals surface area (Å²) in [5.41, 5.74) is 2.46. The highest BCUT2D eigenvalue weighted by atomic mass is 35.5. The van der Waals surface area contributed by atoms with Crippen molar-refractivity contribution in [1.29, 1.82) is 0 Å². The van der Waals surface area contributed by atoms with Crippen LogP contribution in [0.5, 0.6) is 0 Å². The largest absolute Gasteiger partial charge is 0.370 e. The van der Waals surface area contributed by atoms with E-state index in [1.807, 2.05) is 19.2 Å². The van der Waals surface area contributed by atoms with E-state index in [1.54, 1.807) is 0 Å². The van der Waals surface area contributed by atoms with Crippen LogP contribution in [0.25, 0.3) is 0 Å². The van der Waals surface area contributed by atoms with Crippen molar-refractivity contribution in [3.63, 3.8) is 0 Å². The predicted molar refractivity (Wildman–Crippen MR) is 81.6 cm³/mol. The third-order valence-corrected chi connectivity index (χ3v) is 3.67. The van der Waals surface area contributed by atoms with Gasteiger partial charge in [0.05, 0.1) is 10.7 Å². The van der Waals surface area contributed by atoms with Crippen LogP contribution in [-0.2, 0) is 6.54 Å². The first-order valence-corrected chi connectivity index (χ1v) is 7.18. The van der Waals surface area contributed by atoms with E-state index < -0.39 is 0 Å². The molecule has 18 heavy (non-hydrogen) atoms. The molecule has 0 aromatic heterocycles. The molecule has 1 aromatic rings. The maximum Gasteiger partial charge on any atom is 0.0642 e. The average Bonchev–Trinajstić information content (AvgIpc) is 2.37. The lowest BCUT2D eigenvalue weighted by molar-refractivity contribution is 0.547. The van der Waals surface area contributed by atoms with Gasteiger partial charge in [0.2, 0.25) is 0 Å². The van der Waals surface area contributed by atoms with E-state index in [-0.39, 0.29) is 0 Å². The van der Waals surface area contributed by atoms with Gasteiger partial charge in [-0.2, -0.15) is 0 Å². The van der Waals surface area contributed by atoms with E-state index in [0.29, 0.717) is 5.92 Å². The molecular formula is C15H25ClN2. The molecule has 0 spiro atoms. The Morgan fingerprint density at radius 1 is 1.33 bits per heavy atom. The minimum atomic E-state index is 0.684. The molecule has 1 unspecified atom stereocenters. The van der Waals surface area contributed by atoms with Gasteiger partial charge < -0.3 is 10.2 Å². The van der Waals surface area contributed by atoms with Gasteiger partial charge in [-0.3, -0.25) is 0 Å². The van der Waals surface area contributed by atoms with Gasteiger partial charge in [-0.15, -0.1) is 0 Å². The summed E-state index contributed by atoms with van der Waals surface area (Å²) in [4.78, 5) is 2.39. The van der Waals surface area contributed by atoms with Gasteiger partial charge in [0.25, 0.3) is 0 Å². The van der Waals surface area contributed by atoms with Crippen molar-refractivity contribution in [2.45, 2.75) is 33.7 Å². The lowest BCUT2D eigenvalue weighted by atomic mass is 10.1. The van der Waals surface area contributed by atoms with E-state index in [9.17, 15) is 0 Å². The minimum absolute atomic E-state index is 0.684. The van der Waals surface area contributed by atoms with Gasteiger partial charge in [0.15, 0.2) is 0 Å². The first-order valence-electron chi connectivity index (χ1n) is 6.80. The van der Waals surface area contributed by atoms with Crippen molar-refractivity contribution >= 4 is 17.3 Å². The Morgan fingerprint density at radius 2 is 2.06 bits per heavy atom. The highest BCUT2D eigenvalue weighted by Crippen LogP contribution is 2.30. The van der Waals surface area contributed by atoms with Gasteiger partial charge in [-0.05, 0) is 31.5 Å². The summed E-state index contributed by atoms with van der Waals surface area (Å²) in [6.07, 6.45) is 1.20. The molecule has 0 bridgehead atoms. The molecule has 0 aliphatic carbocycles. The van der Waals surface area contributed by atoms with Crippen molar-refractivity contribution in [2.75, 3.05) is 25.0 Å². The summed E-state index contributed by atoms with van der Waals surface area (Å²) in [5, 5.41) is 4.07. The Balaban J connectivity index is 3.02. The molecule has 1 aromatic carbocycles. The number of hydrogen-bond donors (Lipinski definition) is 1. The Bertz CT molecular complexity index is 366. The molecule has 0 heterocycles. The molecule has 0 aliphatic heterocycles. The number of benzene rings is 1. The third-order valence-electron chi connectivity index (χ3n) is 3.36. The fourth-order valence-electron chi connectivity index (χ4n) is 2.13. The van der Waals surface area contributed by atoms with Crippen molar-refractivity contribution < 1.29 is 0 Å². The Kier molecular flexibility index (Phi) is 6.51. The second kappa shape index (κ2) is 7.65. The maximum absolute atomic E-state index is 6.40. The smallest absolute Gasteiger partial charge is 0.0642 e. The normalized spacial score (nSPS) is 12.5. The summed E-state index contributed by atoms with van der Waals surface area (Å²) in [6.45, 7) is 9.62. The fourth-order valence-corrected chi connectivity index (χ4v) is 2.44. The van der Waals surface area contributed by atoms with Gasteiger partial charge in [0, 0.05) is 19.6 Å². The van der Waals surface area contributed by atoms with Gasteiger partial charge in [-0.1, -0.05) is 44.0 Å². The molecule has 0 amide bonds. The summed E-state index contributed by atoms with van der Waals surface area (Å²) >= 11 is 6.40. The van der Waals surface area contributed by atoms with Crippen LogP contribution in [0.15, 0.2) is 18.2 Å². The number of halogens is 1. The second-order valence-electron chi connectivity index (χ2n) is 4.83. The van der Waals surface area contributed by atoms with Crippen LogP contribution in [0.2, 0.25) is 5.02 Å². The molecule has 3 heteroatoms. The van der Waals surface area contributed by atoms with Crippen LogP contribution in [0.3, 0.4) is 0 Å². The quantitative estimate of drug-likeness (QED) is 0.806. The molecule has 2 nitrogen and oxygen atoms in total. The molecule has 0 saturated carbocycles. The van der Waals surface area contributed by atoms with E-state index >= 15 is 0 Å². The summed E-state index contributed by atoms with van der Waals surface area (Å²) in [5.74, 6) is 0.684. The Labute approximate surface area is 116 Å². The third kappa shape index (κ3) is 3.89. The van der Waals surface area contributed by atoms with Gasteiger partial charge in [-0.25, -0.2) is 0 Å². The van der Waals surface area contributed by atoms with Crippen LogP contribution in [-0.4, -0.2) is 20.1 Å². The second-order valence-corrected chi connectivity index (χ2v) is 5.24. The van der Waals surface area contributed by atoms with Crippen molar-refractivity contribution in [3.05, 3.63) is 28.8 Å². The standard InChI is InChI=1S/C15H25ClN2/c1-5-12(3)11-18(6-2)15-13(10-17-4)8-7-9-14(15)16/h7-9,12,17H,5-6,10-11H2,1-4H3. The number of anilines is 1. The van der Waals surface area contributed by atoms with E-state index in [4.69, 9.17) is 11.6 Å². The highest BCUT2D eigenvalue weighted by Gasteiger charge is 2.15. The monoisotopic (exact) mass is 268 g/mol. The summed E-state index contributed by atoms with van der Waals surface area (Å²) in [6, 6.07) is 6.15. The van der Waals surface area contributed by atoms with Crippen LogP contribution in [0.4, 0.5) is 5.69 Å². The predicted octanol–water partition coefficient (Wildman–Crippen LogP) is 3.93. The van der Waals surface area contributed by atoms with Crippen LogP contribution in [0, 0.1) is 5.92 Å². The topological polar surface area (TPSA) is 15.3 Å². The zero-order chi connectivity index (χ0) is 13.5. The Morgan fingerprint density at radius 3 is 2.61 bits per heavy atom. The summed E-state index contributed by atoms with van der Waals surface area (Å²) < 4.78 is 0. The number of rotatable bonds is 7. The molecule has 102 valence electrons. The van der Waals surface area contributed by atoms with Crippen molar-refractivity contribution in [2.24, 2.45) is 5.92 Å². The van der Waals surface area contributed by atoms with Crippen LogP contribution >= 0.6 is 11.6 Å². The average molecular weight is 269 g/mol. The fraction of sp³-hybridized carbons (Fsp3) is 0.600. The molecule has 0 fully saturated rings.